The molecule has 2 aromatic rings. The fourth-order valence-corrected chi connectivity index (χ4v) is 4.29. The lowest BCUT2D eigenvalue weighted by atomic mass is 10.0. The van der Waals surface area contributed by atoms with Crippen molar-refractivity contribution >= 4 is 27.5 Å². The molecule has 158 valence electrons. The molecule has 1 N–H and O–H groups in total. The predicted octanol–water partition coefficient (Wildman–Crippen LogP) is 3.40. The van der Waals surface area contributed by atoms with Crippen molar-refractivity contribution in [3.63, 3.8) is 0 Å². The zero-order chi connectivity index (χ0) is 21.6. The average molecular weight is 438 g/mol. The van der Waals surface area contributed by atoms with Gasteiger partial charge in [-0.1, -0.05) is 43.6 Å². The van der Waals surface area contributed by atoms with Crippen molar-refractivity contribution in [3.8, 4) is 0 Å². The van der Waals surface area contributed by atoms with Gasteiger partial charge in [-0.05, 0) is 49.0 Å². The third-order valence-corrected chi connectivity index (χ3v) is 7.04. The second-order valence-corrected chi connectivity index (χ2v) is 9.34. The first-order valence-corrected chi connectivity index (χ1v) is 11.3. The third kappa shape index (κ3) is 5.57. The Morgan fingerprint density at radius 1 is 1.03 bits per heavy atom. The molecule has 0 aliphatic rings. The van der Waals surface area contributed by atoms with Gasteiger partial charge in [0, 0.05) is 31.2 Å². The Morgan fingerprint density at radius 3 is 2.14 bits per heavy atom. The largest absolute Gasteiger partial charge is 0.350 e. The highest BCUT2D eigenvalue weighted by molar-refractivity contribution is 7.89. The first-order valence-electron chi connectivity index (χ1n) is 9.51. The van der Waals surface area contributed by atoms with E-state index >= 15 is 0 Å². The molecular formula is C21H28ClN3O3S. The molecule has 0 fully saturated rings. The van der Waals surface area contributed by atoms with Crippen LogP contribution < -0.4 is 5.32 Å². The van der Waals surface area contributed by atoms with E-state index in [4.69, 9.17) is 11.6 Å². The summed E-state index contributed by atoms with van der Waals surface area (Å²) in [5.41, 5.74) is 1.37. The molecule has 1 amide bonds. The summed E-state index contributed by atoms with van der Waals surface area (Å²) >= 11 is 6.39. The summed E-state index contributed by atoms with van der Waals surface area (Å²) in [6.45, 7) is 6.17. The van der Waals surface area contributed by atoms with Gasteiger partial charge >= 0.3 is 0 Å². The van der Waals surface area contributed by atoms with E-state index < -0.39 is 10.0 Å². The van der Waals surface area contributed by atoms with Crippen LogP contribution >= 0.6 is 11.6 Å². The van der Waals surface area contributed by atoms with E-state index in [-0.39, 0.29) is 16.8 Å². The number of hydrogen-bond acceptors (Lipinski definition) is 4. The molecular weight excluding hydrogens is 410 g/mol. The Kier molecular flexibility index (Phi) is 8.22. The Labute approximate surface area is 178 Å². The van der Waals surface area contributed by atoms with E-state index in [2.05, 4.69) is 24.1 Å². The van der Waals surface area contributed by atoms with Gasteiger partial charge in [-0.25, -0.2) is 12.7 Å². The number of carbonyl (C=O) groups is 1. The molecule has 0 aliphatic carbocycles. The van der Waals surface area contributed by atoms with Crippen molar-refractivity contribution in [2.75, 3.05) is 33.7 Å². The van der Waals surface area contributed by atoms with Crippen LogP contribution in [-0.4, -0.2) is 57.3 Å². The minimum Gasteiger partial charge on any atom is -0.350 e. The summed E-state index contributed by atoms with van der Waals surface area (Å²) in [5.74, 6) is -0.261. The zero-order valence-electron chi connectivity index (χ0n) is 17.2. The average Bonchev–Trinajstić information content (AvgIpc) is 2.71. The highest BCUT2D eigenvalue weighted by atomic mass is 35.5. The maximum Gasteiger partial charge on any atom is 0.251 e. The van der Waals surface area contributed by atoms with Crippen molar-refractivity contribution in [2.45, 2.75) is 24.8 Å². The standard InChI is InChI=1S/C21H28ClN3O3S/c1-5-25(6-2)20(18-9-7-8-10-19(18)22)15-23-21(26)16-11-13-17(14-12-16)29(27,28)24(3)4/h7-14,20H,5-6,15H2,1-4H3,(H,23,26)/t20-/m0/s1. The Balaban J connectivity index is 2.17. The van der Waals surface area contributed by atoms with E-state index in [0.717, 1.165) is 23.0 Å². The number of halogens is 1. The molecule has 0 unspecified atom stereocenters. The number of benzene rings is 2. The molecule has 0 radical (unpaired) electrons. The molecule has 0 bridgehead atoms. The lowest BCUT2D eigenvalue weighted by Crippen LogP contribution is -2.38. The van der Waals surface area contributed by atoms with E-state index in [9.17, 15) is 13.2 Å². The number of likely N-dealkylation sites (N-methyl/N-ethyl adjacent to an activating group) is 1. The Hall–Kier alpha value is -1.93. The number of nitrogens with zero attached hydrogens (tertiary/aromatic N) is 2. The van der Waals surface area contributed by atoms with Gasteiger partial charge in [0.15, 0.2) is 0 Å². The van der Waals surface area contributed by atoms with Crippen molar-refractivity contribution < 1.29 is 13.2 Å². The van der Waals surface area contributed by atoms with Gasteiger partial charge in [0.2, 0.25) is 10.0 Å². The van der Waals surface area contributed by atoms with Crippen molar-refractivity contribution in [1.29, 1.82) is 0 Å². The first-order chi connectivity index (χ1) is 13.7. The van der Waals surface area contributed by atoms with Crippen molar-refractivity contribution in [2.24, 2.45) is 0 Å². The summed E-state index contributed by atoms with van der Waals surface area (Å²) in [7, 11) is -0.583. The smallest absolute Gasteiger partial charge is 0.251 e. The van der Waals surface area contributed by atoms with Crippen molar-refractivity contribution in [1.82, 2.24) is 14.5 Å². The van der Waals surface area contributed by atoms with Crippen LogP contribution in [0, 0.1) is 0 Å². The van der Waals surface area contributed by atoms with Gasteiger partial charge in [0.05, 0.1) is 10.9 Å². The molecule has 8 heteroatoms. The molecule has 0 heterocycles. The molecule has 0 aliphatic heterocycles. The molecule has 2 rings (SSSR count). The van der Waals surface area contributed by atoms with E-state index in [1.165, 1.54) is 38.4 Å². The lowest BCUT2D eigenvalue weighted by molar-refractivity contribution is 0.0935. The van der Waals surface area contributed by atoms with E-state index in [0.29, 0.717) is 17.1 Å². The molecule has 6 nitrogen and oxygen atoms in total. The Bertz CT molecular complexity index is 926. The highest BCUT2D eigenvalue weighted by Crippen LogP contribution is 2.27. The summed E-state index contributed by atoms with van der Waals surface area (Å²) in [6, 6.07) is 13.5. The molecule has 0 spiro atoms. The number of nitrogens with one attached hydrogen (secondary N) is 1. The summed E-state index contributed by atoms with van der Waals surface area (Å²) < 4.78 is 25.5. The number of hydrogen-bond donors (Lipinski definition) is 1. The summed E-state index contributed by atoms with van der Waals surface area (Å²) in [4.78, 5) is 15.0. The maximum absolute atomic E-state index is 12.6. The topological polar surface area (TPSA) is 69.7 Å². The number of carbonyl (C=O) groups excluding carboxylic acids is 1. The quantitative estimate of drug-likeness (QED) is 0.652. The molecule has 0 saturated heterocycles. The monoisotopic (exact) mass is 437 g/mol. The maximum atomic E-state index is 12.6. The number of amides is 1. The van der Waals surface area contributed by atoms with Gasteiger partial charge in [-0.15, -0.1) is 0 Å². The van der Waals surface area contributed by atoms with Crippen LogP contribution in [0.1, 0.15) is 35.8 Å². The zero-order valence-corrected chi connectivity index (χ0v) is 18.8. The van der Waals surface area contributed by atoms with E-state index in [1.807, 2.05) is 24.3 Å². The van der Waals surface area contributed by atoms with Crippen LogP contribution in [0.4, 0.5) is 0 Å². The van der Waals surface area contributed by atoms with Crippen molar-refractivity contribution in [3.05, 3.63) is 64.7 Å². The van der Waals surface area contributed by atoms with Crippen LogP contribution in [0.5, 0.6) is 0 Å². The van der Waals surface area contributed by atoms with Gasteiger partial charge in [-0.2, -0.15) is 0 Å². The normalized spacial score (nSPS) is 12.9. The molecule has 29 heavy (non-hydrogen) atoms. The molecule has 0 saturated carbocycles. The lowest BCUT2D eigenvalue weighted by Gasteiger charge is -2.31. The van der Waals surface area contributed by atoms with E-state index in [1.54, 1.807) is 0 Å². The number of rotatable bonds is 9. The molecule has 2 aromatic carbocycles. The second kappa shape index (κ2) is 10.2. The summed E-state index contributed by atoms with van der Waals surface area (Å²) in [5, 5.41) is 3.62. The minimum absolute atomic E-state index is 0.0592. The van der Waals surface area contributed by atoms with Crippen LogP contribution in [0.25, 0.3) is 0 Å². The van der Waals surface area contributed by atoms with Gasteiger partial charge in [0.25, 0.3) is 5.91 Å². The van der Waals surface area contributed by atoms with Crippen LogP contribution in [0.15, 0.2) is 53.4 Å². The fraction of sp³-hybridized carbons (Fsp3) is 0.381. The molecule has 0 aromatic heterocycles. The predicted molar refractivity (Wildman–Crippen MR) is 117 cm³/mol. The highest BCUT2D eigenvalue weighted by Gasteiger charge is 2.22. The van der Waals surface area contributed by atoms with Gasteiger partial charge in [-0.3, -0.25) is 9.69 Å². The number of sulfonamides is 1. The Morgan fingerprint density at radius 2 is 1.62 bits per heavy atom. The SMILES string of the molecule is CCN(CC)[C@@H](CNC(=O)c1ccc(S(=O)(=O)N(C)C)cc1)c1ccccc1Cl. The fourth-order valence-electron chi connectivity index (χ4n) is 3.13. The molecule has 1 atom stereocenters. The summed E-state index contributed by atoms with van der Waals surface area (Å²) in [6.07, 6.45) is 0. The van der Waals surface area contributed by atoms with Crippen LogP contribution in [0.3, 0.4) is 0 Å². The third-order valence-electron chi connectivity index (χ3n) is 4.87. The van der Waals surface area contributed by atoms with Gasteiger partial charge in [0.1, 0.15) is 0 Å². The van der Waals surface area contributed by atoms with Crippen LogP contribution in [0.2, 0.25) is 5.02 Å². The van der Waals surface area contributed by atoms with Gasteiger partial charge < -0.3 is 5.32 Å². The second-order valence-electron chi connectivity index (χ2n) is 6.78. The van der Waals surface area contributed by atoms with Crippen LogP contribution in [-0.2, 0) is 10.0 Å². The minimum atomic E-state index is -3.52. The first kappa shape index (κ1) is 23.3.